The number of hydrogen-bond acceptors (Lipinski definition) is 9. The lowest BCUT2D eigenvalue weighted by Gasteiger charge is -2.40. The molecule has 11 nitrogen and oxygen atoms in total. The van der Waals surface area contributed by atoms with Crippen LogP contribution in [0.15, 0.2) is 47.8 Å². The summed E-state index contributed by atoms with van der Waals surface area (Å²) in [6.07, 6.45) is 4.82. The third kappa shape index (κ3) is 6.02. The number of carbonyl (C=O) groups excluding carboxylic acids is 1. The summed E-state index contributed by atoms with van der Waals surface area (Å²) in [6, 6.07) is 7.13. The number of rotatable bonds is 10. The second-order valence-corrected chi connectivity index (χ2v) is 13.1. The Morgan fingerprint density at radius 2 is 1.71 bits per heavy atom. The molecule has 13 heteroatoms. The molecule has 3 fully saturated rings. The third-order valence-corrected chi connectivity index (χ3v) is 9.16. The van der Waals surface area contributed by atoms with E-state index in [-0.39, 0.29) is 57.9 Å². The fourth-order valence-electron chi connectivity index (χ4n) is 6.33. The standard InChI is InChI=1S/C35H38F2N8O3/c1-5-27(46)43-14-15-44(20(2)19-43)32-24-18-26(37)30(23-8-6-7-9-25(23)36)38-33(24)45(35(47)41-32)31-28(21-10-11-21)39-34(48-17-16-42(3)4)40-29(31)22-12-13-22/h5-9,18,20-22H,1,10-17,19H2,2-4H3/t20-/m0/s1. The Kier molecular flexibility index (Phi) is 8.40. The highest BCUT2D eigenvalue weighted by molar-refractivity contribution is 5.91. The molecule has 0 bridgehead atoms. The zero-order valence-corrected chi connectivity index (χ0v) is 27.3. The van der Waals surface area contributed by atoms with Gasteiger partial charge in [0.25, 0.3) is 0 Å². The monoisotopic (exact) mass is 656 g/mol. The largest absolute Gasteiger partial charge is 0.462 e. The van der Waals surface area contributed by atoms with Crippen molar-refractivity contribution < 1.29 is 18.3 Å². The molecule has 2 aliphatic carbocycles. The number of ether oxygens (including phenoxy) is 1. The Hall–Kier alpha value is -4.78. The maximum Gasteiger partial charge on any atom is 0.355 e. The van der Waals surface area contributed by atoms with Crippen LogP contribution in [0.4, 0.5) is 14.6 Å². The van der Waals surface area contributed by atoms with E-state index in [2.05, 4.69) is 11.6 Å². The number of carbonyl (C=O) groups is 1. The minimum Gasteiger partial charge on any atom is -0.462 e. The topological polar surface area (TPSA) is 110 Å². The van der Waals surface area contributed by atoms with Crippen LogP contribution in [0.5, 0.6) is 6.01 Å². The van der Waals surface area contributed by atoms with E-state index >= 15 is 8.78 Å². The Bertz CT molecular complexity index is 1940. The van der Waals surface area contributed by atoms with Crippen LogP contribution in [0.3, 0.4) is 0 Å². The highest BCUT2D eigenvalue weighted by Gasteiger charge is 2.38. The number of piperazine rings is 1. The summed E-state index contributed by atoms with van der Waals surface area (Å²) < 4.78 is 38.6. The van der Waals surface area contributed by atoms with Crippen LogP contribution in [0, 0.1) is 11.6 Å². The van der Waals surface area contributed by atoms with Gasteiger partial charge >= 0.3 is 11.7 Å². The van der Waals surface area contributed by atoms with E-state index in [1.165, 1.54) is 34.9 Å². The first-order valence-electron chi connectivity index (χ1n) is 16.4. The van der Waals surface area contributed by atoms with Crippen molar-refractivity contribution in [3.63, 3.8) is 0 Å². The summed E-state index contributed by atoms with van der Waals surface area (Å²) in [5, 5.41) is 0.289. The number of amides is 1. The molecule has 7 rings (SSSR count). The molecule has 4 heterocycles. The van der Waals surface area contributed by atoms with E-state index in [4.69, 9.17) is 19.7 Å². The molecule has 0 radical (unpaired) electrons. The molecule has 0 N–H and O–H groups in total. The number of hydrogen-bond donors (Lipinski definition) is 0. The predicted octanol–water partition coefficient (Wildman–Crippen LogP) is 4.43. The molecule has 48 heavy (non-hydrogen) atoms. The second-order valence-electron chi connectivity index (χ2n) is 13.1. The third-order valence-electron chi connectivity index (χ3n) is 9.16. The van der Waals surface area contributed by atoms with Crippen LogP contribution in [0.1, 0.15) is 55.8 Å². The van der Waals surface area contributed by atoms with Gasteiger partial charge in [-0.05, 0) is 71.0 Å². The Balaban J connectivity index is 1.46. The average Bonchev–Trinajstić information content (AvgIpc) is 3.99. The lowest BCUT2D eigenvalue weighted by molar-refractivity contribution is -0.126. The molecular weight excluding hydrogens is 618 g/mol. The van der Waals surface area contributed by atoms with Crippen molar-refractivity contribution in [1.29, 1.82) is 0 Å². The maximum absolute atomic E-state index is 16.1. The second kappa shape index (κ2) is 12.7. The van der Waals surface area contributed by atoms with E-state index in [1.54, 1.807) is 11.0 Å². The fraction of sp³-hybridized carbons (Fsp3) is 0.429. The quantitative estimate of drug-likeness (QED) is 0.229. The molecule has 1 atom stereocenters. The smallest absolute Gasteiger partial charge is 0.355 e. The van der Waals surface area contributed by atoms with E-state index < -0.39 is 17.3 Å². The zero-order valence-electron chi connectivity index (χ0n) is 27.3. The molecule has 0 unspecified atom stereocenters. The summed E-state index contributed by atoms with van der Waals surface area (Å²) >= 11 is 0. The van der Waals surface area contributed by atoms with Crippen molar-refractivity contribution in [3.05, 3.63) is 76.5 Å². The summed E-state index contributed by atoms with van der Waals surface area (Å²) in [6.45, 7) is 7.67. The van der Waals surface area contributed by atoms with E-state index in [0.717, 1.165) is 25.7 Å². The number of halogens is 2. The molecule has 250 valence electrons. The lowest BCUT2D eigenvalue weighted by Crippen LogP contribution is -2.54. The lowest BCUT2D eigenvalue weighted by atomic mass is 10.1. The summed E-state index contributed by atoms with van der Waals surface area (Å²) in [5.41, 5.74) is 1.12. The first-order valence-corrected chi connectivity index (χ1v) is 16.4. The number of aromatic nitrogens is 5. The SMILES string of the molecule is C=CC(=O)N1CCN(c2nc(=O)n(-c3c(C4CC4)nc(OCCN(C)C)nc3C3CC3)c3nc(-c4ccccc4F)c(F)cc23)[C@@H](C)C1. The van der Waals surface area contributed by atoms with Gasteiger partial charge in [-0.25, -0.2) is 23.1 Å². The van der Waals surface area contributed by atoms with Gasteiger partial charge in [0, 0.05) is 49.6 Å². The van der Waals surface area contributed by atoms with Gasteiger partial charge < -0.3 is 19.4 Å². The van der Waals surface area contributed by atoms with Gasteiger partial charge in [0.2, 0.25) is 5.91 Å². The number of fused-ring (bicyclic) bond motifs is 1. The van der Waals surface area contributed by atoms with Gasteiger partial charge in [-0.3, -0.25) is 4.79 Å². The van der Waals surface area contributed by atoms with Crippen LogP contribution in [-0.2, 0) is 4.79 Å². The van der Waals surface area contributed by atoms with Gasteiger partial charge in [-0.1, -0.05) is 18.7 Å². The number of anilines is 1. The summed E-state index contributed by atoms with van der Waals surface area (Å²) in [5.74, 6) is -1.16. The van der Waals surface area contributed by atoms with Gasteiger partial charge in [0.15, 0.2) is 5.65 Å². The Morgan fingerprint density at radius 1 is 1.02 bits per heavy atom. The zero-order chi connectivity index (χ0) is 33.7. The number of benzene rings is 1. The van der Waals surface area contributed by atoms with E-state index in [9.17, 15) is 9.59 Å². The average molecular weight is 657 g/mol. The van der Waals surface area contributed by atoms with Crippen LogP contribution < -0.4 is 15.3 Å². The van der Waals surface area contributed by atoms with Crippen molar-refractivity contribution in [1.82, 2.24) is 34.3 Å². The number of pyridine rings is 1. The van der Waals surface area contributed by atoms with Crippen molar-refractivity contribution in [2.24, 2.45) is 0 Å². The van der Waals surface area contributed by atoms with E-state index in [0.29, 0.717) is 49.9 Å². The van der Waals surface area contributed by atoms with Crippen LogP contribution in [0.25, 0.3) is 28.0 Å². The molecule has 1 saturated heterocycles. The van der Waals surface area contributed by atoms with Crippen molar-refractivity contribution >= 4 is 22.8 Å². The first kappa shape index (κ1) is 31.8. The van der Waals surface area contributed by atoms with Gasteiger partial charge in [0.05, 0.1) is 22.5 Å². The van der Waals surface area contributed by atoms with Gasteiger partial charge in [-0.2, -0.15) is 15.0 Å². The molecule has 0 spiro atoms. The minimum atomic E-state index is -0.750. The van der Waals surface area contributed by atoms with Crippen LogP contribution in [0.2, 0.25) is 0 Å². The molecular formula is C35H38F2N8O3. The molecule has 3 aromatic heterocycles. The molecule has 1 aromatic carbocycles. The first-order chi connectivity index (χ1) is 23.1. The van der Waals surface area contributed by atoms with Crippen LogP contribution in [-0.4, -0.2) is 93.1 Å². The maximum atomic E-state index is 16.1. The highest BCUT2D eigenvalue weighted by atomic mass is 19.1. The summed E-state index contributed by atoms with van der Waals surface area (Å²) in [4.78, 5) is 51.3. The Labute approximate surface area is 276 Å². The highest BCUT2D eigenvalue weighted by Crippen LogP contribution is 2.48. The molecule has 1 amide bonds. The summed E-state index contributed by atoms with van der Waals surface area (Å²) in [7, 11) is 3.92. The minimum absolute atomic E-state index is 0.0232. The normalized spacial score (nSPS) is 18.1. The van der Waals surface area contributed by atoms with Crippen LogP contribution >= 0.6 is 0 Å². The van der Waals surface area contributed by atoms with Gasteiger partial charge in [0.1, 0.15) is 29.8 Å². The van der Waals surface area contributed by atoms with Crippen molar-refractivity contribution in [3.8, 4) is 23.0 Å². The molecule has 3 aliphatic rings. The van der Waals surface area contributed by atoms with Gasteiger partial charge in [-0.15, -0.1) is 0 Å². The van der Waals surface area contributed by atoms with E-state index in [1.807, 2.05) is 30.8 Å². The fourth-order valence-corrected chi connectivity index (χ4v) is 6.33. The molecule has 4 aromatic rings. The molecule has 1 aliphatic heterocycles. The Morgan fingerprint density at radius 3 is 2.31 bits per heavy atom. The molecule has 2 saturated carbocycles. The van der Waals surface area contributed by atoms with Crippen molar-refractivity contribution in [2.45, 2.75) is 50.5 Å². The van der Waals surface area contributed by atoms with Crippen molar-refractivity contribution in [2.75, 3.05) is 51.8 Å². The predicted molar refractivity (Wildman–Crippen MR) is 178 cm³/mol. The number of nitrogens with zero attached hydrogens (tertiary/aromatic N) is 8. The number of likely N-dealkylation sites (N-methyl/N-ethyl adjacent to an activating group) is 1.